The van der Waals surface area contributed by atoms with Crippen molar-refractivity contribution in [2.24, 2.45) is 11.7 Å². The highest BCUT2D eigenvalue weighted by molar-refractivity contribution is 5.85. The van der Waals surface area contributed by atoms with Crippen LogP contribution in [0.2, 0.25) is 0 Å². The van der Waals surface area contributed by atoms with Crippen molar-refractivity contribution in [3.05, 3.63) is 72.0 Å². The Labute approximate surface area is 166 Å². The molecule has 0 radical (unpaired) electrons. The van der Waals surface area contributed by atoms with Crippen LogP contribution in [0.25, 0.3) is 11.0 Å². The van der Waals surface area contributed by atoms with E-state index < -0.39 is 0 Å². The highest BCUT2D eigenvalue weighted by atomic mass is 35.5. The van der Waals surface area contributed by atoms with Gasteiger partial charge in [-0.1, -0.05) is 55.5 Å². The number of carbonyl (C=O) groups is 1. The van der Waals surface area contributed by atoms with Crippen LogP contribution in [-0.4, -0.2) is 17.4 Å². The molecule has 3 aromatic rings. The maximum absolute atomic E-state index is 13.1. The molecule has 0 bridgehead atoms. The molecule has 3 rings (SSSR count). The predicted molar refractivity (Wildman–Crippen MR) is 112 cm³/mol. The average molecular weight is 387 g/mol. The Morgan fingerprint density at radius 2 is 1.70 bits per heavy atom. The zero-order valence-electron chi connectivity index (χ0n) is 16.0. The molecule has 0 saturated heterocycles. The number of nitrogens with two attached hydrogens (primary N) is 1. The Balaban J connectivity index is 0.00000261. The Morgan fingerprint density at radius 1 is 1.07 bits per heavy atom. The monoisotopic (exact) mass is 386 g/mol. The molecule has 144 valence electrons. The van der Waals surface area contributed by atoms with Gasteiger partial charge < -0.3 is 15.1 Å². The van der Waals surface area contributed by atoms with Gasteiger partial charge in [-0.15, -0.1) is 12.4 Å². The second-order valence-corrected chi connectivity index (χ2v) is 6.71. The number of rotatable bonds is 6. The first-order valence-corrected chi connectivity index (χ1v) is 9.12. The SMILES string of the molecule is CCN(C(=O)C(C)C(N)c1ccccc1)C(C)c1cc2ccccc2o1.Cl. The number of nitrogens with zero attached hydrogens (tertiary/aromatic N) is 1. The number of carbonyl (C=O) groups excluding carboxylic acids is 1. The number of hydrogen-bond acceptors (Lipinski definition) is 3. The predicted octanol–water partition coefficient (Wildman–Crippen LogP) is 5.10. The van der Waals surface area contributed by atoms with E-state index >= 15 is 0 Å². The van der Waals surface area contributed by atoms with Crippen molar-refractivity contribution in [2.75, 3.05) is 6.54 Å². The number of halogens is 1. The minimum atomic E-state index is -0.333. The smallest absolute Gasteiger partial charge is 0.227 e. The average Bonchev–Trinajstić information content (AvgIpc) is 3.12. The number of fused-ring (bicyclic) bond motifs is 1. The molecule has 0 saturated carbocycles. The van der Waals surface area contributed by atoms with Crippen molar-refractivity contribution in [3.8, 4) is 0 Å². The highest BCUT2D eigenvalue weighted by Crippen LogP contribution is 2.30. The van der Waals surface area contributed by atoms with Crippen LogP contribution in [0.3, 0.4) is 0 Å². The van der Waals surface area contributed by atoms with Gasteiger partial charge in [0, 0.05) is 18.0 Å². The van der Waals surface area contributed by atoms with Gasteiger partial charge in [0.05, 0.1) is 12.0 Å². The molecule has 0 aliphatic carbocycles. The maximum Gasteiger partial charge on any atom is 0.227 e. The van der Waals surface area contributed by atoms with Crippen LogP contribution in [0.5, 0.6) is 0 Å². The van der Waals surface area contributed by atoms with Crippen LogP contribution in [0.4, 0.5) is 0 Å². The molecule has 1 aromatic heterocycles. The summed E-state index contributed by atoms with van der Waals surface area (Å²) in [6, 6.07) is 19.2. The standard InChI is InChI=1S/C22H26N2O2.ClH/c1-4-24(16(3)20-14-18-12-8-9-13-19(18)26-20)22(25)15(2)21(23)17-10-6-5-7-11-17;/h5-16,21H,4,23H2,1-3H3;1H. The lowest BCUT2D eigenvalue weighted by Gasteiger charge is -2.31. The van der Waals surface area contributed by atoms with Crippen LogP contribution in [-0.2, 0) is 4.79 Å². The summed E-state index contributed by atoms with van der Waals surface area (Å²) in [7, 11) is 0. The molecule has 0 aliphatic heterocycles. The minimum absolute atomic E-state index is 0. The maximum atomic E-state index is 13.1. The van der Waals surface area contributed by atoms with Gasteiger partial charge in [-0.2, -0.15) is 0 Å². The van der Waals surface area contributed by atoms with Crippen LogP contribution in [0, 0.1) is 5.92 Å². The first kappa shape index (κ1) is 21.0. The minimum Gasteiger partial charge on any atom is -0.459 e. The summed E-state index contributed by atoms with van der Waals surface area (Å²) in [5.74, 6) is 0.517. The van der Waals surface area contributed by atoms with Gasteiger partial charge in [0.15, 0.2) is 0 Å². The number of amides is 1. The third kappa shape index (κ3) is 4.34. The molecule has 5 heteroatoms. The third-order valence-electron chi connectivity index (χ3n) is 5.06. The molecular weight excluding hydrogens is 360 g/mol. The van der Waals surface area contributed by atoms with Gasteiger partial charge in [0.1, 0.15) is 11.3 Å². The van der Waals surface area contributed by atoms with Crippen molar-refractivity contribution in [3.63, 3.8) is 0 Å². The topological polar surface area (TPSA) is 59.5 Å². The van der Waals surface area contributed by atoms with Gasteiger partial charge in [0.25, 0.3) is 0 Å². The summed E-state index contributed by atoms with van der Waals surface area (Å²) in [5.41, 5.74) is 8.17. The number of benzene rings is 2. The summed E-state index contributed by atoms with van der Waals surface area (Å²) >= 11 is 0. The molecule has 3 unspecified atom stereocenters. The summed E-state index contributed by atoms with van der Waals surface area (Å²) < 4.78 is 5.96. The second kappa shape index (κ2) is 9.07. The first-order valence-electron chi connectivity index (χ1n) is 9.12. The van der Waals surface area contributed by atoms with E-state index in [9.17, 15) is 4.79 Å². The Hall–Kier alpha value is -2.30. The lowest BCUT2D eigenvalue weighted by Crippen LogP contribution is -2.40. The molecule has 27 heavy (non-hydrogen) atoms. The molecule has 1 heterocycles. The van der Waals surface area contributed by atoms with Crippen LogP contribution in [0.1, 0.15) is 44.2 Å². The van der Waals surface area contributed by atoms with Crippen LogP contribution >= 0.6 is 12.4 Å². The van der Waals surface area contributed by atoms with Gasteiger partial charge in [-0.3, -0.25) is 4.79 Å². The van der Waals surface area contributed by atoms with Gasteiger partial charge >= 0.3 is 0 Å². The molecular formula is C22H27ClN2O2. The van der Waals surface area contributed by atoms with Crippen molar-refractivity contribution in [2.45, 2.75) is 32.9 Å². The molecule has 0 fully saturated rings. The first-order chi connectivity index (χ1) is 12.5. The largest absolute Gasteiger partial charge is 0.459 e. The fraction of sp³-hybridized carbons (Fsp3) is 0.318. The van der Waals surface area contributed by atoms with Crippen LogP contribution in [0.15, 0.2) is 65.1 Å². The van der Waals surface area contributed by atoms with E-state index in [0.717, 1.165) is 22.3 Å². The lowest BCUT2D eigenvalue weighted by molar-refractivity contribution is -0.138. The Bertz CT molecular complexity index is 845. The lowest BCUT2D eigenvalue weighted by atomic mass is 9.93. The number of furan rings is 1. The number of hydrogen-bond donors (Lipinski definition) is 1. The van der Waals surface area contributed by atoms with Crippen molar-refractivity contribution in [1.82, 2.24) is 4.90 Å². The fourth-order valence-corrected chi connectivity index (χ4v) is 3.36. The van der Waals surface area contributed by atoms with Crippen molar-refractivity contribution < 1.29 is 9.21 Å². The zero-order valence-corrected chi connectivity index (χ0v) is 16.8. The van der Waals surface area contributed by atoms with Gasteiger partial charge in [-0.05, 0) is 31.5 Å². The van der Waals surface area contributed by atoms with Crippen molar-refractivity contribution >= 4 is 29.3 Å². The van der Waals surface area contributed by atoms with E-state index in [0.29, 0.717) is 6.54 Å². The van der Waals surface area contributed by atoms with E-state index in [1.165, 1.54) is 0 Å². The second-order valence-electron chi connectivity index (χ2n) is 6.71. The summed E-state index contributed by atoms with van der Waals surface area (Å²) in [6.07, 6.45) is 0. The molecule has 0 spiro atoms. The van der Waals surface area contributed by atoms with E-state index in [-0.39, 0.29) is 36.3 Å². The van der Waals surface area contributed by atoms with E-state index in [4.69, 9.17) is 10.2 Å². The molecule has 2 aromatic carbocycles. The van der Waals surface area contributed by atoms with E-state index in [1.807, 2.05) is 86.3 Å². The Morgan fingerprint density at radius 3 is 2.33 bits per heavy atom. The van der Waals surface area contributed by atoms with Crippen molar-refractivity contribution in [1.29, 1.82) is 0 Å². The summed E-state index contributed by atoms with van der Waals surface area (Å²) in [4.78, 5) is 15.0. The third-order valence-corrected chi connectivity index (χ3v) is 5.06. The molecule has 1 amide bonds. The molecule has 2 N–H and O–H groups in total. The summed E-state index contributed by atoms with van der Waals surface area (Å²) in [6.45, 7) is 6.48. The zero-order chi connectivity index (χ0) is 18.7. The van der Waals surface area contributed by atoms with Gasteiger partial charge in [0.2, 0.25) is 5.91 Å². The normalized spacial score (nSPS) is 14.2. The number of para-hydroxylation sites is 1. The van der Waals surface area contributed by atoms with E-state index in [1.54, 1.807) is 0 Å². The highest BCUT2D eigenvalue weighted by Gasteiger charge is 2.30. The molecule has 4 nitrogen and oxygen atoms in total. The molecule has 0 aliphatic rings. The quantitative estimate of drug-likeness (QED) is 0.641. The van der Waals surface area contributed by atoms with Crippen LogP contribution < -0.4 is 5.73 Å². The Kier molecular flexibility index (Phi) is 7.05. The van der Waals surface area contributed by atoms with Gasteiger partial charge in [-0.25, -0.2) is 0 Å². The summed E-state index contributed by atoms with van der Waals surface area (Å²) in [5, 5.41) is 1.05. The van der Waals surface area contributed by atoms with E-state index in [2.05, 4.69) is 0 Å². The molecule has 3 atom stereocenters. The fourth-order valence-electron chi connectivity index (χ4n) is 3.36.